The molecule has 3 fully saturated rings. The van der Waals surface area contributed by atoms with Crippen LogP contribution in [0.2, 0.25) is 0 Å². The van der Waals surface area contributed by atoms with Crippen LogP contribution in [-0.2, 0) is 28.8 Å². The molecule has 10 heteroatoms. The molecule has 5 rings (SSSR count). The van der Waals surface area contributed by atoms with Crippen molar-refractivity contribution >= 4 is 35.6 Å². The second-order valence-corrected chi connectivity index (χ2v) is 10.7. The Labute approximate surface area is 196 Å². The Bertz CT molecular complexity index is 879. The van der Waals surface area contributed by atoms with Crippen LogP contribution in [0.4, 0.5) is 0 Å². The van der Waals surface area contributed by atoms with Crippen LogP contribution >= 0.6 is 0 Å². The van der Waals surface area contributed by atoms with E-state index in [1.165, 1.54) is 0 Å². The van der Waals surface area contributed by atoms with E-state index in [9.17, 15) is 39.0 Å². The average Bonchev–Trinajstić information content (AvgIpc) is 3.17. The highest BCUT2D eigenvalue weighted by atomic mass is 16.4. The standard InChI is InChI=1S/C24H30N2O8/c1-9(2)7-13(23(31)32)25-19(27)15-11-5-6-12(16(15)20(25)28)18-17(11)21(29)26(22(18)30)14(24(33)34)8-10(3)4/h5-6,9-18H,7-8H2,1-4H3,(H,31,32)(H,33,34)/t11?,12?,13-,14+,15-,16+,17+,18-. The lowest BCUT2D eigenvalue weighted by Crippen LogP contribution is -2.50. The number of carbonyl (C=O) groups excluding carboxylic acids is 4. The SMILES string of the molecule is CC(C)C[C@H](C(=O)O)N1C(=O)[C@@H]2C3C=CC([C@H]4C(=O)N([C@@H](CC(C)C)C(=O)O)C(=O)[C@@H]34)[C@@H]2C1=O. The van der Waals surface area contributed by atoms with E-state index >= 15 is 0 Å². The number of hydrogen-bond donors (Lipinski definition) is 2. The first-order chi connectivity index (χ1) is 15.9. The molecule has 2 saturated heterocycles. The number of hydrogen-bond acceptors (Lipinski definition) is 6. The normalized spacial score (nSPS) is 33.7. The zero-order valence-electron chi connectivity index (χ0n) is 19.6. The van der Waals surface area contributed by atoms with Crippen LogP contribution in [0.25, 0.3) is 0 Å². The number of likely N-dealkylation sites (tertiary alicyclic amines) is 2. The van der Waals surface area contributed by atoms with Gasteiger partial charge < -0.3 is 10.2 Å². The molecule has 2 aliphatic heterocycles. The third kappa shape index (κ3) is 3.37. The van der Waals surface area contributed by atoms with Gasteiger partial charge in [0.25, 0.3) is 0 Å². The zero-order chi connectivity index (χ0) is 25.2. The quantitative estimate of drug-likeness (QED) is 0.391. The van der Waals surface area contributed by atoms with E-state index in [1.807, 2.05) is 0 Å². The van der Waals surface area contributed by atoms with Crippen LogP contribution in [0.15, 0.2) is 12.2 Å². The monoisotopic (exact) mass is 474 g/mol. The molecule has 8 atom stereocenters. The number of carbonyl (C=O) groups is 6. The average molecular weight is 475 g/mol. The maximum Gasteiger partial charge on any atom is 0.326 e. The van der Waals surface area contributed by atoms with Crippen molar-refractivity contribution in [2.24, 2.45) is 47.3 Å². The Morgan fingerprint density at radius 1 is 0.676 bits per heavy atom. The van der Waals surface area contributed by atoms with Gasteiger partial charge in [-0.3, -0.25) is 29.0 Å². The van der Waals surface area contributed by atoms with Gasteiger partial charge >= 0.3 is 11.9 Å². The molecule has 3 aliphatic carbocycles. The van der Waals surface area contributed by atoms with Crippen molar-refractivity contribution in [3.63, 3.8) is 0 Å². The first-order valence-corrected chi connectivity index (χ1v) is 11.8. The molecule has 5 aliphatic rings. The summed E-state index contributed by atoms with van der Waals surface area (Å²) in [6.45, 7) is 7.19. The van der Waals surface area contributed by atoms with Gasteiger partial charge in [0.15, 0.2) is 0 Å². The van der Waals surface area contributed by atoms with E-state index in [1.54, 1.807) is 39.8 Å². The van der Waals surface area contributed by atoms with Crippen molar-refractivity contribution in [3.05, 3.63) is 12.2 Å². The van der Waals surface area contributed by atoms with Crippen LogP contribution in [0.3, 0.4) is 0 Å². The molecule has 34 heavy (non-hydrogen) atoms. The van der Waals surface area contributed by atoms with Crippen molar-refractivity contribution in [3.8, 4) is 0 Å². The second kappa shape index (κ2) is 8.32. The number of amides is 4. The minimum atomic E-state index is -1.31. The molecule has 0 aromatic carbocycles. The van der Waals surface area contributed by atoms with E-state index in [2.05, 4.69) is 0 Å². The zero-order valence-corrected chi connectivity index (χ0v) is 19.6. The molecule has 10 nitrogen and oxygen atoms in total. The highest BCUT2D eigenvalue weighted by molar-refractivity contribution is 6.13. The van der Waals surface area contributed by atoms with Crippen molar-refractivity contribution in [1.29, 1.82) is 0 Å². The molecule has 2 heterocycles. The number of carboxylic acid groups (broad SMARTS) is 2. The van der Waals surface area contributed by atoms with Crippen LogP contribution < -0.4 is 0 Å². The fraction of sp³-hybridized carbons (Fsp3) is 0.667. The van der Waals surface area contributed by atoms with Gasteiger partial charge in [-0.05, 0) is 24.7 Å². The third-order valence-corrected chi connectivity index (χ3v) is 7.66. The number of imide groups is 2. The Kier molecular flexibility index (Phi) is 5.90. The molecule has 0 radical (unpaired) electrons. The van der Waals surface area contributed by atoms with E-state index in [4.69, 9.17) is 0 Å². The predicted octanol–water partition coefficient (Wildman–Crippen LogP) is 1.00. The summed E-state index contributed by atoms with van der Waals surface area (Å²) >= 11 is 0. The lowest BCUT2D eigenvalue weighted by Gasteiger charge is -2.44. The summed E-state index contributed by atoms with van der Waals surface area (Å²) in [5, 5.41) is 19.5. The summed E-state index contributed by atoms with van der Waals surface area (Å²) in [7, 11) is 0. The van der Waals surface area contributed by atoms with E-state index in [0.29, 0.717) is 0 Å². The predicted molar refractivity (Wildman–Crippen MR) is 116 cm³/mol. The van der Waals surface area contributed by atoms with E-state index < -0.39 is 83.2 Å². The summed E-state index contributed by atoms with van der Waals surface area (Å²) in [6, 6.07) is -2.62. The molecular weight excluding hydrogens is 444 g/mol. The summed E-state index contributed by atoms with van der Waals surface area (Å²) in [6.07, 6.45) is 3.55. The van der Waals surface area contributed by atoms with Crippen molar-refractivity contribution in [1.82, 2.24) is 9.80 Å². The maximum absolute atomic E-state index is 13.4. The van der Waals surface area contributed by atoms with Crippen molar-refractivity contribution in [2.75, 3.05) is 0 Å². The summed E-state index contributed by atoms with van der Waals surface area (Å²) in [4.78, 5) is 79.2. The fourth-order valence-electron chi connectivity index (χ4n) is 6.41. The van der Waals surface area contributed by atoms with Gasteiger partial charge in [0.1, 0.15) is 12.1 Å². The minimum Gasteiger partial charge on any atom is -0.480 e. The molecule has 0 spiro atoms. The third-order valence-electron chi connectivity index (χ3n) is 7.66. The molecular formula is C24H30N2O8. The number of aliphatic carboxylic acids is 2. The lowest BCUT2D eigenvalue weighted by atomic mass is 9.54. The van der Waals surface area contributed by atoms with Crippen LogP contribution in [0.1, 0.15) is 40.5 Å². The molecule has 2 unspecified atom stereocenters. The van der Waals surface area contributed by atoms with Gasteiger partial charge in [0.2, 0.25) is 23.6 Å². The molecule has 2 bridgehead atoms. The molecule has 184 valence electrons. The van der Waals surface area contributed by atoms with Gasteiger partial charge in [0, 0.05) is 11.8 Å². The van der Waals surface area contributed by atoms with E-state index in [-0.39, 0.29) is 24.7 Å². The van der Waals surface area contributed by atoms with Gasteiger partial charge in [0.05, 0.1) is 23.7 Å². The number of nitrogens with zero attached hydrogens (tertiary/aromatic N) is 2. The molecule has 1 saturated carbocycles. The largest absolute Gasteiger partial charge is 0.480 e. The first kappa shape index (κ1) is 24.1. The molecule has 0 aromatic rings. The summed E-state index contributed by atoms with van der Waals surface area (Å²) in [5.74, 6) is -10.4. The Morgan fingerprint density at radius 3 is 1.15 bits per heavy atom. The summed E-state index contributed by atoms with van der Waals surface area (Å²) in [5.41, 5.74) is 0. The second-order valence-electron chi connectivity index (χ2n) is 10.7. The Balaban J connectivity index is 1.70. The van der Waals surface area contributed by atoms with Crippen LogP contribution in [0.5, 0.6) is 0 Å². The lowest BCUT2D eigenvalue weighted by molar-refractivity contribution is -0.156. The van der Waals surface area contributed by atoms with Gasteiger partial charge in [-0.1, -0.05) is 39.8 Å². The van der Waals surface area contributed by atoms with E-state index in [0.717, 1.165) is 9.80 Å². The van der Waals surface area contributed by atoms with Crippen molar-refractivity contribution in [2.45, 2.75) is 52.6 Å². The highest BCUT2D eigenvalue weighted by Gasteiger charge is 2.70. The van der Waals surface area contributed by atoms with Gasteiger partial charge in [-0.15, -0.1) is 0 Å². The number of allylic oxidation sites excluding steroid dienone is 2. The Morgan fingerprint density at radius 2 is 0.941 bits per heavy atom. The Hall–Kier alpha value is -3.04. The smallest absolute Gasteiger partial charge is 0.326 e. The van der Waals surface area contributed by atoms with Crippen LogP contribution in [-0.4, -0.2) is 67.7 Å². The van der Waals surface area contributed by atoms with Gasteiger partial charge in [-0.25, -0.2) is 9.59 Å². The number of rotatable bonds is 8. The summed E-state index contributed by atoms with van der Waals surface area (Å²) < 4.78 is 0. The molecule has 0 aromatic heterocycles. The molecule has 4 amide bonds. The van der Waals surface area contributed by atoms with Gasteiger partial charge in [-0.2, -0.15) is 0 Å². The minimum absolute atomic E-state index is 0.0795. The highest BCUT2D eigenvalue weighted by Crippen LogP contribution is 2.58. The van der Waals surface area contributed by atoms with Crippen molar-refractivity contribution < 1.29 is 39.0 Å². The molecule has 2 N–H and O–H groups in total. The van der Waals surface area contributed by atoms with Crippen LogP contribution in [0, 0.1) is 47.3 Å². The fourth-order valence-corrected chi connectivity index (χ4v) is 6.41. The topological polar surface area (TPSA) is 149 Å². The first-order valence-electron chi connectivity index (χ1n) is 11.8. The maximum atomic E-state index is 13.4. The number of carboxylic acids is 2.